The maximum absolute atomic E-state index is 11.0. The molecule has 1 aliphatic heterocycles. The van der Waals surface area contributed by atoms with Crippen LogP contribution < -0.4 is 11.1 Å². The molecule has 0 aliphatic carbocycles. The van der Waals surface area contributed by atoms with E-state index in [1.165, 1.54) is 0 Å². The minimum Gasteiger partial charge on any atom is -0.369 e. The van der Waals surface area contributed by atoms with Gasteiger partial charge in [-0.2, -0.15) is 11.8 Å². The first kappa shape index (κ1) is 14.6. The predicted molar refractivity (Wildman–Crippen MR) is 77.1 cm³/mol. The molecule has 0 aromatic rings. The van der Waals surface area contributed by atoms with Crippen molar-refractivity contribution >= 4 is 35.0 Å². The van der Waals surface area contributed by atoms with Gasteiger partial charge in [-0.1, -0.05) is 0 Å². The lowest BCUT2D eigenvalue weighted by molar-refractivity contribution is -0.122. The van der Waals surface area contributed by atoms with Crippen LogP contribution in [0.4, 0.5) is 0 Å². The molecule has 0 saturated carbocycles. The van der Waals surface area contributed by atoms with E-state index in [2.05, 4.69) is 16.5 Å². The number of hydrogen-bond donors (Lipinski definition) is 2. The van der Waals surface area contributed by atoms with Gasteiger partial charge in [-0.25, -0.2) is 0 Å². The number of thiocarbonyl (C=S) groups is 1. The van der Waals surface area contributed by atoms with Crippen molar-refractivity contribution in [3.05, 3.63) is 0 Å². The molecule has 17 heavy (non-hydrogen) atoms. The highest BCUT2D eigenvalue weighted by molar-refractivity contribution is 7.98. The summed E-state index contributed by atoms with van der Waals surface area (Å²) in [7, 11) is 0. The summed E-state index contributed by atoms with van der Waals surface area (Å²) in [5, 5.41) is 4.07. The van der Waals surface area contributed by atoms with Gasteiger partial charge in [-0.15, -0.1) is 0 Å². The maximum Gasteiger partial charge on any atom is 0.220 e. The summed E-state index contributed by atoms with van der Waals surface area (Å²) in [5.74, 6) is 1.01. The third-order valence-electron chi connectivity index (χ3n) is 2.99. The molecule has 1 amide bonds. The van der Waals surface area contributed by atoms with Crippen molar-refractivity contribution in [2.45, 2.75) is 19.3 Å². The van der Waals surface area contributed by atoms with Crippen LogP contribution in [0.1, 0.15) is 19.3 Å². The Kier molecular flexibility index (Phi) is 6.65. The zero-order chi connectivity index (χ0) is 12.7. The van der Waals surface area contributed by atoms with E-state index < -0.39 is 0 Å². The predicted octanol–water partition coefficient (Wildman–Crippen LogP) is 0.811. The fraction of sp³-hybridized carbons (Fsp3) is 0.818. The van der Waals surface area contributed by atoms with Crippen molar-refractivity contribution in [1.29, 1.82) is 0 Å². The first-order valence-electron chi connectivity index (χ1n) is 5.96. The summed E-state index contributed by atoms with van der Waals surface area (Å²) in [6, 6.07) is 0. The zero-order valence-electron chi connectivity index (χ0n) is 10.3. The van der Waals surface area contributed by atoms with Crippen LogP contribution in [-0.2, 0) is 4.79 Å². The molecule has 1 rings (SSSR count). The maximum atomic E-state index is 11.0. The summed E-state index contributed by atoms with van der Waals surface area (Å²) in [6.45, 7) is 2.60. The van der Waals surface area contributed by atoms with Crippen molar-refractivity contribution in [2.75, 3.05) is 31.6 Å². The van der Waals surface area contributed by atoms with E-state index in [9.17, 15) is 4.79 Å². The molecule has 0 radical (unpaired) electrons. The Morgan fingerprint density at radius 3 is 2.71 bits per heavy atom. The highest BCUT2D eigenvalue weighted by atomic mass is 32.2. The number of thioether (sulfide) groups is 1. The first-order valence-corrected chi connectivity index (χ1v) is 7.76. The Morgan fingerprint density at radius 1 is 1.53 bits per heavy atom. The molecule has 3 N–H and O–H groups in total. The summed E-state index contributed by atoms with van der Waals surface area (Å²) >= 11 is 7.16. The van der Waals surface area contributed by atoms with Crippen LogP contribution in [0.5, 0.6) is 0 Å². The molecule has 4 nitrogen and oxygen atoms in total. The van der Waals surface area contributed by atoms with Crippen LogP contribution >= 0.6 is 24.0 Å². The van der Waals surface area contributed by atoms with Gasteiger partial charge in [0.05, 0.1) is 0 Å². The van der Waals surface area contributed by atoms with Crippen LogP contribution in [0.3, 0.4) is 0 Å². The molecule has 0 bridgehead atoms. The van der Waals surface area contributed by atoms with Crippen molar-refractivity contribution in [3.8, 4) is 0 Å². The highest BCUT2D eigenvalue weighted by Gasteiger charge is 2.23. The number of primary amides is 1. The smallest absolute Gasteiger partial charge is 0.220 e. The Balaban J connectivity index is 2.19. The van der Waals surface area contributed by atoms with Crippen molar-refractivity contribution in [3.63, 3.8) is 0 Å². The second kappa shape index (κ2) is 7.76. The second-order valence-corrected chi connectivity index (χ2v) is 5.61. The number of carbonyl (C=O) groups is 1. The van der Waals surface area contributed by atoms with E-state index in [-0.39, 0.29) is 11.8 Å². The standard InChI is InChI=1S/C11H21N3OS2/c1-17-8-2-5-13-11(16)14-6-3-9(4-7-14)10(12)15/h9H,2-8H2,1H3,(H2,12,15)(H,13,16). The van der Waals surface area contributed by atoms with Gasteiger partial charge in [-0.05, 0) is 43.5 Å². The molecule has 0 unspecified atom stereocenters. The van der Waals surface area contributed by atoms with Crippen LogP contribution in [0.25, 0.3) is 0 Å². The monoisotopic (exact) mass is 275 g/mol. The molecule has 1 heterocycles. The third kappa shape index (κ3) is 5.12. The number of likely N-dealkylation sites (tertiary alicyclic amines) is 1. The molecule has 1 aliphatic rings. The lowest BCUT2D eigenvalue weighted by Gasteiger charge is -2.32. The van der Waals surface area contributed by atoms with Crippen molar-refractivity contribution in [2.24, 2.45) is 11.7 Å². The van der Waals surface area contributed by atoms with Crippen molar-refractivity contribution in [1.82, 2.24) is 10.2 Å². The number of carbonyl (C=O) groups excluding carboxylic acids is 1. The van der Waals surface area contributed by atoms with Gasteiger partial charge in [0.25, 0.3) is 0 Å². The summed E-state index contributed by atoms with van der Waals surface area (Å²) in [5.41, 5.74) is 5.29. The number of amides is 1. The minimum absolute atomic E-state index is 0.0329. The molecular formula is C11H21N3OS2. The molecule has 0 aromatic carbocycles. The van der Waals surface area contributed by atoms with E-state index in [1.54, 1.807) is 0 Å². The number of nitrogens with zero attached hydrogens (tertiary/aromatic N) is 1. The SMILES string of the molecule is CSCCCNC(=S)N1CCC(C(N)=O)CC1. The van der Waals surface area contributed by atoms with Gasteiger partial charge in [0.2, 0.25) is 5.91 Å². The van der Waals surface area contributed by atoms with Crippen LogP contribution in [0.15, 0.2) is 0 Å². The average Bonchev–Trinajstić information content (AvgIpc) is 2.34. The van der Waals surface area contributed by atoms with Gasteiger partial charge in [0.15, 0.2) is 5.11 Å². The van der Waals surface area contributed by atoms with E-state index in [0.29, 0.717) is 0 Å². The molecule has 1 fully saturated rings. The Labute approximate surface area is 113 Å². The van der Waals surface area contributed by atoms with E-state index in [1.807, 2.05) is 11.8 Å². The number of piperidine rings is 1. The normalized spacial score (nSPS) is 16.9. The molecule has 98 valence electrons. The highest BCUT2D eigenvalue weighted by Crippen LogP contribution is 2.16. The fourth-order valence-corrected chi connectivity index (χ4v) is 2.61. The van der Waals surface area contributed by atoms with Crippen LogP contribution in [-0.4, -0.2) is 47.6 Å². The van der Waals surface area contributed by atoms with Crippen LogP contribution in [0.2, 0.25) is 0 Å². The fourth-order valence-electron chi connectivity index (χ4n) is 1.89. The molecule has 6 heteroatoms. The lowest BCUT2D eigenvalue weighted by atomic mass is 9.97. The Morgan fingerprint density at radius 2 is 2.18 bits per heavy atom. The zero-order valence-corrected chi connectivity index (χ0v) is 11.9. The summed E-state index contributed by atoms with van der Waals surface area (Å²) in [6.07, 6.45) is 4.87. The van der Waals surface area contributed by atoms with Gasteiger partial charge < -0.3 is 16.0 Å². The molecule has 0 aromatic heterocycles. The van der Waals surface area contributed by atoms with Gasteiger partial charge in [0, 0.05) is 25.6 Å². The van der Waals surface area contributed by atoms with Crippen molar-refractivity contribution < 1.29 is 4.79 Å². The topological polar surface area (TPSA) is 58.4 Å². The largest absolute Gasteiger partial charge is 0.369 e. The molecular weight excluding hydrogens is 254 g/mol. The average molecular weight is 275 g/mol. The Hall–Kier alpha value is -0.490. The number of nitrogens with one attached hydrogen (secondary N) is 1. The summed E-state index contributed by atoms with van der Waals surface area (Å²) in [4.78, 5) is 13.2. The quantitative estimate of drug-likeness (QED) is 0.574. The number of nitrogens with two attached hydrogens (primary N) is 1. The molecule has 1 saturated heterocycles. The first-order chi connectivity index (χ1) is 8.15. The van der Waals surface area contributed by atoms with Crippen LogP contribution in [0, 0.1) is 5.92 Å². The number of rotatable bonds is 5. The van der Waals surface area contributed by atoms with E-state index in [0.717, 1.165) is 49.8 Å². The second-order valence-electron chi connectivity index (χ2n) is 4.24. The molecule has 0 spiro atoms. The van der Waals surface area contributed by atoms with E-state index >= 15 is 0 Å². The van der Waals surface area contributed by atoms with Gasteiger partial charge >= 0.3 is 0 Å². The summed E-state index contributed by atoms with van der Waals surface area (Å²) < 4.78 is 0. The van der Waals surface area contributed by atoms with E-state index in [4.69, 9.17) is 18.0 Å². The van der Waals surface area contributed by atoms with Gasteiger partial charge in [-0.3, -0.25) is 4.79 Å². The molecule has 0 atom stereocenters. The lowest BCUT2D eigenvalue weighted by Crippen LogP contribution is -2.46. The van der Waals surface area contributed by atoms with Gasteiger partial charge in [0.1, 0.15) is 0 Å². The third-order valence-corrected chi connectivity index (χ3v) is 4.09. The number of hydrogen-bond acceptors (Lipinski definition) is 3. The minimum atomic E-state index is -0.177. The Bertz CT molecular complexity index is 265.